The number of nitrogens with two attached hydrogens (primary N) is 1. The third-order valence-corrected chi connectivity index (χ3v) is 13.8. The van der Waals surface area contributed by atoms with Crippen LogP contribution in [0.1, 0.15) is 98.3 Å². The molecule has 4 aliphatic rings. The van der Waals surface area contributed by atoms with Gasteiger partial charge in [-0.2, -0.15) is 0 Å². The van der Waals surface area contributed by atoms with E-state index in [1.165, 1.54) is 0 Å². The van der Waals surface area contributed by atoms with Crippen molar-refractivity contribution in [1.82, 2.24) is 5.32 Å². The number of aliphatic hydroxyl groups is 11. The second-order valence-corrected chi connectivity index (χ2v) is 19.8. The summed E-state index contributed by atoms with van der Waals surface area (Å²) in [6.45, 7) is 6.79. The molecule has 14 N–H and O–H groups in total. The number of hydrogen-bond donors (Lipinski definition) is 13. The molecule has 3 fully saturated rings. The molecule has 0 aromatic carbocycles. The minimum absolute atomic E-state index is 0.102. The normalized spacial score (nSPS) is 45.8. The van der Waals surface area contributed by atoms with Crippen LogP contribution in [0.4, 0.5) is 0 Å². The first kappa shape index (κ1) is 60.1. The lowest BCUT2D eigenvalue weighted by Gasteiger charge is -2.46. The molecule has 3 aliphatic heterocycles. The number of fused-ring (bicyclic) bond motifs is 2. The predicted molar refractivity (Wildman–Crippen MR) is 261 cm³/mol. The molecule has 0 radical (unpaired) electrons. The van der Waals surface area contributed by atoms with Crippen molar-refractivity contribution >= 4 is 11.9 Å². The number of amides is 1. The Morgan fingerprint density at radius 2 is 1.25 bits per heavy atom. The maximum Gasteiger partial charge on any atom is 0.308 e. The maximum absolute atomic E-state index is 14.0. The molecule has 3 heterocycles. The molecule has 1 aliphatic carbocycles. The molecular formula is C52H82N2O17. The van der Waals surface area contributed by atoms with E-state index in [1.54, 1.807) is 75.5 Å². The van der Waals surface area contributed by atoms with Crippen LogP contribution in [-0.4, -0.2) is 178 Å². The number of carbonyl (C=O) groups excluding carboxylic acids is 2. The summed E-state index contributed by atoms with van der Waals surface area (Å²) in [7, 11) is 0. The van der Waals surface area contributed by atoms with E-state index >= 15 is 0 Å². The van der Waals surface area contributed by atoms with Gasteiger partial charge in [0, 0.05) is 37.5 Å². The molecule has 0 aromatic heterocycles. The van der Waals surface area contributed by atoms with Gasteiger partial charge in [-0.15, -0.1) is 0 Å². The van der Waals surface area contributed by atoms with E-state index in [0.717, 1.165) is 0 Å². The minimum Gasteiger partial charge on any atom is -0.462 e. The quantitative estimate of drug-likeness (QED) is 0.172. The van der Waals surface area contributed by atoms with Crippen molar-refractivity contribution in [2.75, 3.05) is 0 Å². The van der Waals surface area contributed by atoms with E-state index in [2.05, 4.69) is 5.32 Å². The molecule has 71 heavy (non-hydrogen) atoms. The Balaban J connectivity index is 1.60. The summed E-state index contributed by atoms with van der Waals surface area (Å²) in [4.78, 5) is 26.7. The van der Waals surface area contributed by atoms with E-state index in [9.17, 15) is 65.8 Å². The molecule has 2 bridgehead atoms. The number of cyclic esters (lactones) is 1. The predicted octanol–water partition coefficient (Wildman–Crippen LogP) is 0.657. The zero-order valence-corrected chi connectivity index (χ0v) is 41.4. The Morgan fingerprint density at radius 3 is 1.86 bits per heavy atom. The number of allylic oxidation sites excluding steroid dienone is 12. The summed E-state index contributed by atoms with van der Waals surface area (Å²) in [5.74, 6) is -5.77. The minimum atomic E-state index is -2.30. The molecule has 1 unspecified atom stereocenters. The highest BCUT2D eigenvalue weighted by Gasteiger charge is 2.51. The lowest BCUT2D eigenvalue weighted by molar-refractivity contribution is -0.307. The molecule has 19 nitrogen and oxygen atoms in total. The Hall–Kier alpha value is -3.48. The number of rotatable bonds is 4. The molecule has 0 spiro atoms. The van der Waals surface area contributed by atoms with Crippen molar-refractivity contribution in [3.63, 3.8) is 0 Å². The van der Waals surface area contributed by atoms with Crippen LogP contribution in [0, 0.1) is 17.8 Å². The summed E-state index contributed by atoms with van der Waals surface area (Å²) >= 11 is 0. The van der Waals surface area contributed by atoms with Gasteiger partial charge in [-0.05, 0) is 52.4 Å². The first-order valence-electron chi connectivity index (χ1n) is 25.0. The van der Waals surface area contributed by atoms with Crippen LogP contribution >= 0.6 is 0 Å². The van der Waals surface area contributed by atoms with E-state index in [0.29, 0.717) is 19.3 Å². The highest BCUT2D eigenvalue weighted by Crippen LogP contribution is 2.39. The van der Waals surface area contributed by atoms with E-state index < -0.39 is 159 Å². The fraction of sp³-hybridized carbons (Fsp3) is 0.692. The first-order chi connectivity index (χ1) is 33.6. The lowest BCUT2D eigenvalue weighted by atomic mass is 9.82. The molecule has 4 rings (SSSR count). The van der Waals surface area contributed by atoms with E-state index in [-0.39, 0.29) is 31.6 Å². The number of hydrogen-bond acceptors (Lipinski definition) is 18. The van der Waals surface area contributed by atoms with Gasteiger partial charge in [-0.1, -0.05) is 98.9 Å². The van der Waals surface area contributed by atoms with Gasteiger partial charge in [-0.25, -0.2) is 0 Å². The number of ether oxygens (including phenoxy) is 4. The van der Waals surface area contributed by atoms with Crippen LogP contribution in [0.15, 0.2) is 85.1 Å². The fourth-order valence-corrected chi connectivity index (χ4v) is 9.38. The zero-order valence-electron chi connectivity index (χ0n) is 41.4. The van der Waals surface area contributed by atoms with Crippen molar-refractivity contribution in [2.24, 2.45) is 23.5 Å². The monoisotopic (exact) mass is 1010 g/mol. The Kier molecular flexibility index (Phi) is 24.9. The number of carbonyl (C=O) groups is 2. The molecule has 1 amide bonds. The molecule has 0 aromatic rings. The topological polar surface area (TPSA) is 332 Å². The van der Waals surface area contributed by atoms with E-state index in [4.69, 9.17) is 24.7 Å². The van der Waals surface area contributed by atoms with Gasteiger partial charge in [-0.3, -0.25) is 9.59 Å². The van der Waals surface area contributed by atoms with Crippen LogP contribution in [0.3, 0.4) is 0 Å². The van der Waals surface area contributed by atoms with Crippen LogP contribution in [0.25, 0.3) is 0 Å². The number of aliphatic hydroxyl groups excluding tert-OH is 10. The average molecular weight is 1010 g/mol. The van der Waals surface area contributed by atoms with Crippen LogP contribution in [0.5, 0.6) is 0 Å². The van der Waals surface area contributed by atoms with E-state index in [1.807, 2.05) is 37.3 Å². The van der Waals surface area contributed by atoms with Crippen LogP contribution < -0.4 is 11.1 Å². The van der Waals surface area contributed by atoms with Gasteiger partial charge >= 0.3 is 5.97 Å². The Morgan fingerprint density at radius 1 is 0.648 bits per heavy atom. The van der Waals surface area contributed by atoms with Crippen molar-refractivity contribution in [3.8, 4) is 0 Å². The van der Waals surface area contributed by atoms with Gasteiger partial charge in [0.15, 0.2) is 12.1 Å². The summed E-state index contributed by atoms with van der Waals surface area (Å²) in [5.41, 5.74) is 6.11. The number of nitrogens with one attached hydrogen (secondary N) is 1. The molecule has 19 heteroatoms. The van der Waals surface area contributed by atoms with Crippen LogP contribution in [-0.2, 0) is 28.5 Å². The van der Waals surface area contributed by atoms with Gasteiger partial charge in [0.05, 0.1) is 97.7 Å². The Labute approximate surface area is 417 Å². The standard InChI is InChI=1S/C52H82N2O17/c1-30-18-15-13-11-9-7-5-6-8-10-12-14-16-19-37(70-51-49(65)46(53)48(64)33(4)69-51)27-43-45(50(66)54-38-20-17-21-39(38)58)42(61)29-52(67,71-43)28-36(57)25-41(60)40(59)23-22-34(55)24-35(56)26-44(62)68-32(3)31(2)47(30)63/h5-16,18-19,30-43,45-49,51,55-61,63-65,67H,17,20-29,53H2,1-4H3,(H,54,66)/b6-5+,9-7+,10-8+,13-11+,14-12+,18-15+,19-16+/t30-,31-,32-,33+,34+,35+,36-,37-,38?,39+,40+,41+,42-,43-,45+,46-,47+,48+,49-,51-,52+/m0/s1. The number of esters is 1. The van der Waals surface area contributed by atoms with Crippen molar-refractivity contribution in [1.29, 1.82) is 0 Å². The third-order valence-electron chi connectivity index (χ3n) is 13.8. The largest absolute Gasteiger partial charge is 0.462 e. The second-order valence-electron chi connectivity index (χ2n) is 19.8. The van der Waals surface area contributed by atoms with Crippen molar-refractivity contribution in [2.45, 2.75) is 208 Å². The molecular weight excluding hydrogens is 925 g/mol. The summed E-state index contributed by atoms with van der Waals surface area (Å²) in [6, 6.07) is -1.74. The summed E-state index contributed by atoms with van der Waals surface area (Å²) in [6.07, 6.45) is 5.10. The van der Waals surface area contributed by atoms with Gasteiger partial charge in [0.2, 0.25) is 5.91 Å². The smallest absolute Gasteiger partial charge is 0.308 e. The summed E-state index contributed by atoms with van der Waals surface area (Å²) in [5, 5.41) is 123. The fourth-order valence-electron chi connectivity index (χ4n) is 9.38. The van der Waals surface area contributed by atoms with Crippen LogP contribution in [0.2, 0.25) is 0 Å². The zero-order chi connectivity index (χ0) is 52.4. The molecule has 402 valence electrons. The highest BCUT2D eigenvalue weighted by atomic mass is 16.7. The molecule has 2 saturated heterocycles. The van der Waals surface area contributed by atoms with Gasteiger partial charge < -0.3 is 86.2 Å². The SMILES string of the molecule is C[C@@H]1[C@H](O)[C@@H](C)/C=C/C=C/C=C/C=C/C=C/C=C/C=C/[C@H](O[C@@H]2O[C@H](C)[C@@H](O)[C@H](N)[C@@H]2O)C[C@@H]2O[C@](O)(C[C@@H](O)C[C@@H](O)[C@H](O)CC[C@@H](O)C[C@@H](O)CC(=O)O[C@H]1C)C[C@H](O)[C@H]2C(=O)NC1CCC[C@H]1O. The van der Waals surface area contributed by atoms with Gasteiger partial charge in [0.1, 0.15) is 12.2 Å². The van der Waals surface area contributed by atoms with Crippen molar-refractivity contribution < 1.29 is 84.7 Å². The average Bonchev–Trinajstić information content (AvgIpc) is 3.70. The van der Waals surface area contributed by atoms with Crippen molar-refractivity contribution in [3.05, 3.63) is 85.1 Å². The first-order valence-corrected chi connectivity index (χ1v) is 25.0. The molecule has 21 atom stereocenters. The van der Waals surface area contributed by atoms with Gasteiger partial charge in [0.25, 0.3) is 0 Å². The summed E-state index contributed by atoms with van der Waals surface area (Å²) < 4.78 is 23.8. The lowest BCUT2D eigenvalue weighted by Crippen LogP contribution is -2.62. The highest BCUT2D eigenvalue weighted by molar-refractivity contribution is 5.80. The maximum atomic E-state index is 14.0. The Bertz CT molecular complexity index is 1840. The third kappa shape index (κ3) is 19.4. The second kappa shape index (κ2) is 29.4. The molecule has 1 saturated carbocycles.